The maximum atomic E-state index is 12.6. The van der Waals surface area contributed by atoms with E-state index >= 15 is 0 Å². The molecule has 2 N–H and O–H groups in total. The molecular formula is C24H31N3O5. The molecule has 32 heavy (non-hydrogen) atoms. The van der Waals surface area contributed by atoms with Gasteiger partial charge in [-0.1, -0.05) is 34.1 Å². The van der Waals surface area contributed by atoms with Gasteiger partial charge in [0.1, 0.15) is 17.1 Å². The van der Waals surface area contributed by atoms with Gasteiger partial charge in [0.15, 0.2) is 5.78 Å². The van der Waals surface area contributed by atoms with Crippen molar-refractivity contribution in [3.8, 4) is 5.75 Å². The standard InChI is InChI=1S/C24H31N3O5/c1-6-7-12-27(15-20(28)24(2,3)4)21-19(23(30)31)13-17(14-25-21)26-22(29)16-8-10-18(32-5)11-9-16/h8-11,13-14H,6-7,12,15H2,1-5H3,(H,26,29)(H,30,31). The maximum absolute atomic E-state index is 12.6. The Kier molecular flexibility index (Phi) is 8.34. The minimum absolute atomic E-state index is 0.0105. The summed E-state index contributed by atoms with van der Waals surface area (Å²) in [5.74, 6) is -0.755. The molecule has 0 bridgehead atoms. The van der Waals surface area contributed by atoms with Crippen molar-refractivity contribution in [3.63, 3.8) is 0 Å². The summed E-state index contributed by atoms with van der Waals surface area (Å²) in [7, 11) is 1.54. The van der Waals surface area contributed by atoms with Crippen LogP contribution in [0.3, 0.4) is 0 Å². The lowest BCUT2D eigenvalue weighted by Crippen LogP contribution is -2.37. The fraction of sp³-hybridized carbons (Fsp3) is 0.417. The number of carboxylic acid groups (broad SMARTS) is 1. The third-order valence-corrected chi connectivity index (χ3v) is 4.96. The molecule has 0 fully saturated rings. The van der Waals surface area contributed by atoms with Gasteiger partial charge in [0, 0.05) is 17.5 Å². The van der Waals surface area contributed by atoms with Gasteiger partial charge in [-0.15, -0.1) is 0 Å². The summed E-state index contributed by atoms with van der Waals surface area (Å²) in [5, 5.41) is 12.5. The van der Waals surface area contributed by atoms with Crippen LogP contribution >= 0.6 is 0 Å². The number of amides is 1. The summed E-state index contributed by atoms with van der Waals surface area (Å²) in [6.45, 7) is 8.08. The number of Topliss-reactive ketones (excluding diaryl/α,β-unsaturated/α-hetero) is 1. The average Bonchev–Trinajstić information content (AvgIpc) is 2.75. The molecule has 0 aliphatic heterocycles. The van der Waals surface area contributed by atoms with Gasteiger partial charge in [0.25, 0.3) is 5.91 Å². The molecule has 8 heteroatoms. The molecule has 0 spiro atoms. The number of aromatic nitrogens is 1. The van der Waals surface area contributed by atoms with Gasteiger partial charge >= 0.3 is 5.97 Å². The molecule has 0 radical (unpaired) electrons. The number of unbranched alkanes of at least 4 members (excludes halogenated alkanes) is 1. The molecule has 1 amide bonds. The molecule has 8 nitrogen and oxygen atoms in total. The Balaban J connectivity index is 2.32. The monoisotopic (exact) mass is 441 g/mol. The van der Waals surface area contributed by atoms with Gasteiger partial charge in [-0.05, 0) is 36.8 Å². The van der Waals surface area contributed by atoms with E-state index < -0.39 is 17.3 Å². The smallest absolute Gasteiger partial charge is 0.339 e. The number of carbonyl (C=O) groups excluding carboxylic acids is 2. The number of benzene rings is 1. The highest BCUT2D eigenvalue weighted by Gasteiger charge is 2.26. The Morgan fingerprint density at radius 3 is 2.34 bits per heavy atom. The number of ketones is 1. The molecule has 1 aromatic carbocycles. The zero-order valence-corrected chi connectivity index (χ0v) is 19.3. The van der Waals surface area contributed by atoms with Crippen LogP contribution in [0.25, 0.3) is 0 Å². The van der Waals surface area contributed by atoms with E-state index in [-0.39, 0.29) is 29.4 Å². The predicted molar refractivity (Wildman–Crippen MR) is 124 cm³/mol. The third kappa shape index (κ3) is 6.54. The summed E-state index contributed by atoms with van der Waals surface area (Å²) in [6, 6.07) is 7.91. The first-order valence-electron chi connectivity index (χ1n) is 10.5. The van der Waals surface area contributed by atoms with Gasteiger partial charge in [0.2, 0.25) is 0 Å². The summed E-state index contributed by atoms with van der Waals surface area (Å²) in [4.78, 5) is 43.2. The number of hydrogen-bond donors (Lipinski definition) is 2. The van der Waals surface area contributed by atoms with Gasteiger partial charge in [-0.2, -0.15) is 0 Å². The second-order valence-electron chi connectivity index (χ2n) is 8.53. The molecule has 0 saturated carbocycles. The fourth-order valence-corrected chi connectivity index (χ4v) is 2.90. The number of pyridine rings is 1. The highest BCUT2D eigenvalue weighted by atomic mass is 16.5. The molecule has 0 unspecified atom stereocenters. The molecule has 2 rings (SSSR count). The summed E-state index contributed by atoms with van der Waals surface area (Å²) < 4.78 is 5.09. The molecule has 1 aromatic heterocycles. The Morgan fingerprint density at radius 1 is 1.16 bits per heavy atom. The van der Waals surface area contributed by atoms with Crippen LogP contribution in [0.15, 0.2) is 36.5 Å². The highest BCUT2D eigenvalue weighted by Crippen LogP contribution is 2.25. The van der Waals surface area contributed by atoms with Crippen LogP contribution in [0.2, 0.25) is 0 Å². The lowest BCUT2D eigenvalue weighted by Gasteiger charge is -2.28. The molecule has 0 aliphatic rings. The Morgan fingerprint density at radius 2 is 1.81 bits per heavy atom. The normalized spacial score (nSPS) is 11.0. The largest absolute Gasteiger partial charge is 0.497 e. The SMILES string of the molecule is CCCCN(CC(=O)C(C)(C)C)c1ncc(NC(=O)c2ccc(OC)cc2)cc1C(=O)O. The van der Waals surface area contributed by atoms with Crippen molar-refractivity contribution >= 4 is 29.2 Å². The molecule has 0 saturated heterocycles. The Hall–Kier alpha value is -3.42. The Bertz CT molecular complexity index is 965. The molecule has 0 aliphatic carbocycles. The van der Waals surface area contributed by atoms with E-state index in [1.165, 1.54) is 19.4 Å². The molecule has 172 valence electrons. The van der Waals surface area contributed by atoms with Crippen LogP contribution < -0.4 is 15.0 Å². The molecule has 0 atom stereocenters. The summed E-state index contributed by atoms with van der Waals surface area (Å²) in [5.41, 5.74) is 0.0205. The average molecular weight is 442 g/mol. The molecule has 1 heterocycles. The van der Waals surface area contributed by atoms with Crippen LogP contribution in [0.1, 0.15) is 61.3 Å². The van der Waals surface area contributed by atoms with Gasteiger partial charge in [-0.25, -0.2) is 9.78 Å². The van der Waals surface area contributed by atoms with E-state index in [4.69, 9.17) is 4.74 Å². The van der Waals surface area contributed by atoms with Crippen LogP contribution in [0.4, 0.5) is 11.5 Å². The number of aromatic carboxylic acids is 1. The van der Waals surface area contributed by atoms with Crippen LogP contribution in [-0.4, -0.2) is 47.9 Å². The number of ether oxygens (including phenoxy) is 1. The topological polar surface area (TPSA) is 109 Å². The highest BCUT2D eigenvalue weighted by molar-refractivity contribution is 6.05. The van der Waals surface area contributed by atoms with E-state index in [1.54, 1.807) is 29.2 Å². The lowest BCUT2D eigenvalue weighted by molar-refractivity contribution is -0.124. The van der Waals surface area contributed by atoms with E-state index in [0.29, 0.717) is 17.9 Å². The van der Waals surface area contributed by atoms with Crippen molar-refractivity contribution in [3.05, 3.63) is 47.7 Å². The van der Waals surface area contributed by atoms with Gasteiger partial charge < -0.3 is 20.1 Å². The lowest BCUT2D eigenvalue weighted by atomic mass is 9.90. The molecule has 2 aromatic rings. The number of methoxy groups -OCH3 is 1. The van der Waals surface area contributed by atoms with Crippen LogP contribution in [0.5, 0.6) is 5.75 Å². The minimum atomic E-state index is -1.18. The Labute approximate surface area is 188 Å². The number of anilines is 2. The maximum Gasteiger partial charge on any atom is 0.339 e. The van der Waals surface area contributed by atoms with E-state index in [9.17, 15) is 19.5 Å². The second-order valence-corrected chi connectivity index (χ2v) is 8.53. The van der Waals surface area contributed by atoms with Crippen molar-refractivity contribution < 1.29 is 24.2 Å². The number of hydrogen-bond acceptors (Lipinski definition) is 6. The first-order chi connectivity index (χ1) is 15.1. The van der Waals surface area contributed by atoms with E-state index in [2.05, 4.69) is 10.3 Å². The van der Waals surface area contributed by atoms with Gasteiger partial charge in [0.05, 0.1) is 25.5 Å². The van der Waals surface area contributed by atoms with Crippen molar-refractivity contribution in [2.24, 2.45) is 5.41 Å². The number of nitrogens with one attached hydrogen (secondary N) is 1. The van der Waals surface area contributed by atoms with Gasteiger partial charge in [-0.3, -0.25) is 9.59 Å². The third-order valence-electron chi connectivity index (χ3n) is 4.96. The summed E-state index contributed by atoms with van der Waals surface area (Å²) in [6.07, 6.45) is 3.08. The first-order valence-corrected chi connectivity index (χ1v) is 10.5. The predicted octanol–water partition coefficient (Wildman–Crippen LogP) is 4.26. The number of carboxylic acids is 1. The summed E-state index contributed by atoms with van der Waals surface area (Å²) >= 11 is 0. The first kappa shape index (κ1) is 24.8. The number of rotatable bonds is 10. The van der Waals surface area contributed by atoms with Crippen molar-refractivity contribution in [2.45, 2.75) is 40.5 Å². The second kappa shape index (κ2) is 10.7. The van der Waals surface area contributed by atoms with Crippen LogP contribution in [-0.2, 0) is 4.79 Å². The zero-order chi connectivity index (χ0) is 23.9. The number of carbonyl (C=O) groups is 3. The minimum Gasteiger partial charge on any atom is -0.497 e. The number of nitrogens with zero attached hydrogens (tertiary/aromatic N) is 2. The van der Waals surface area contributed by atoms with Crippen molar-refractivity contribution in [1.29, 1.82) is 0 Å². The van der Waals surface area contributed by atoms with Crippen molar-refractivity contribution in [1.82, 2.24) is 4.98 Å². The van der Waals surface area contributed by atoms with Crippen molar-refractivity contribution in [2.75, 3.05) is 30.4 Å². The van der Waals surface area contributed by atoms with E-state index in [1.807, 2.05) is 27.7 Å². The molecular weight excluding hydrogens is 410 g/mol. The van der Waals surface area contributed by atoms with E-state index in [0.717, 1.165) is 12.8 Å². The zero-order valence-electron chi connectivity index (χ0n) is 19.3. The van der Waals surface area contributed by atoms with Crippen LogP contribution in [0, 0.1) is 5.41 Å². The quantitative estimate of drug-likeness (QED) is 0.567. The fourth-order valence-electron chi connectivity index (χ4n) is 2.90.